The molecule has 148 valence electrons. The molecular formula is C21H32N4O2. The fourth-order valence-corrected chi connectivity index (χ4v) is 4.25. The van der Waals surface area contributed by atoms with Gasteiger partial charge in [0.2, 0.25) is 11.8 Å². The number of likely N-dealkylation sites (tertiary alicyclic amines) is 1. The Morgan fingerprint density at radius 2 is 2.11 bits per heavy atom. The number of anilines is 1. The Bertz CT molecular complexity index is 663. The molecule has 0 saturated carbocycles. The maximum Gasteiger partial charge on any atom is 0.242 e. The molecule has 0 aliphatic carbocycles. The molecule has 2 amide bonds. The van der Waals surface area contributed by atoms with Gasteiger partial charge in [-0.15, -0.1) is 0 Å². The lowest BCUT2D eigenvalue weighted by Crippen LogP contribution is -2.44. The highest BCUT2D eigenvalue weighted by Crippen LogP contribution is 2.40. The van der Waals surface area contributed by atoms with Gasteiger partial charge < -0.3 is 15.5 Å². The summed E-state index contributed by atoms with van der Waals surface area (Å²) in [5, 5.41) is 5.95. The van der Waals surface area contributed by atoms with Gasteiger partial charge in [-0.1, -0.05) is 18.2 Å². The van der Waals surface area contributed by atoms with E-state index < -0.39 is 6.04 Å². The van der Waals surface area contributed by atoms with Crippen molar-refractivity contribution >= 4 is 17.5 Å². The first-order chi connectivity index (χ1) is 12.9. The second kappa shape index (κ2) is 8.30. The van der Waals surface area contributed by atoms with Gasteiger partial charge in [0.1, 0.15) is 6.04 Å². The molecule has 27 heavy (non-hydrogen) atoms. The molecule has 2 aliphatic rings. The Labute approximate surface area is 162 Å². The lowest BCUT2D eigenvalue weighted by atomic mass is 9.84. The van der Waals surface area contributed by atoms with E-state index in [9.17, 15) is 9.59 Å². The van der Waals surface area contributed by atoms with E-state index in [0.717, 1.165) is 38.3 Å². The molecule has 0 radical (unpaired) electrons. The van der Waals surface area contributed by atoms with Crippen molar-refractivity contribution < 1.29 is 9.59 Å². The van der Waals surface area contributed by atoms with Crippen LogP contribution in [0.3, 0.4) is 0 Å². The summed E-state index contributed by atoms with van der Waals surface area (Å²) in [5.74, 6) is -0.0161. The molecule has 0 aromatic heterocycles. The Kier molecular flexibility index (Phi) is 6.05. The third-order valence-electron chi connectivity index (χ3n) is 6.00. The number of benzene rings is 1. The molecule has 2 fully saturated rings. The first-order valence-electron chi connectivity index (χ1n) is 10.1. The summed E-state index contributed by atoms with van der Waals surface area (Å²) < 4.78 is 0. The molecule has 2 saturated heterocycles. The predicted molar refractivity (Wildman–Crippen MR) is 108 cm³/mol. The largest absolute Gasteiger partial charge is 0.370 e. The van der Waals surface area contributed by atoms with E-state index in [4.69, 9.17) is 0 Å². The zero-order valence-corrected chi connectivity index (χ0v) is 16.7. The number of carbonyl (C=O) groups is 2. The molecule has 2 aliphatic heterocycles. The van der Waals surface area contributed by atoms with Crippen LogP contribution < -0.4 is 15.5 Å². The zero-order valence-electron chi connectivity index (χ0n) is 16.7. The Morgan fingerprint density at radius 3 is 2.74 bits per heavy atom. The smallest absolute Gasteiger partial charge is 0.242 e. The number of hydrogen-bond donors (Lipinski definition) is 2. The van der Waals surface area contributed by atoms with Crippen molar-refractivity contribution in [3.63, 3.8) is 0 Å². The van der Waals surface area contributed by atoms with Crippen LogP contribution in [0.4, 0.5) is 5.69 Å². The number of rotatable bonds is 7. The van der Waals surface area contributed by atoms with Gasteiger partial charge in [-0.2, -0.15) is 0 Å². The topological polar surface area (TPSA) is 64.7 Å². The van der Waals surface area contributed by atoms with Crippen LogP contribution in [0.2, 0.25) is 0 Å². The van der Waals surface area contributed by atoms with Crippen LogP contribution in [0, 0.1) is 5.41 Å². The van der Waals surface area contributed by atoms with E-state index in [2.05, 4.69) is 53.3 Å². The van der Waals surface area contributed by atoms with Gasteiger partial charge in [0.15, 0.2) is 0 Å². The van der Waals surface area contributed by atoms with Gasteiger partial charge in [-0.3, -0.25) is 14.5 Å². The van der Waals surface area contributed by atoms with E-state index in [-0.39, 0.29) is 17.2 Å². The predicted octanol–water partition coefficient (Wildman–Crippen LogP) is 1.62. The van der Waals surface area contributed by atoms with Crippen molar-refractivity contribution in [3.8, 4) is 0 Å². The Morgan fingerprint density at radius 1 is 1.37 bits per heavy atom. The van der Waals surface area contributed by atoms with E-state index in [1.54, 1.807) is 0 Å². The Balaban J connectivity index is 1.50. The molecule has 6 nitrogen and oxygen atoms in total. The van der Waals surface area contributed by atoms with Crippen LogP contribution in [-0.4, -0.2) is 61.5 Å². The van der Waals surface area contributed by atoms with Gasteiger partial charge >= 0.3 is 0 Å². The highest BCUT2D eigenvalue weighted by molar-refractivity contribution is 5.94. The molecule has 1 aromatic rings. The summed E-state index contributed by atoms with van der Waals surface area (Å²) in [6, 6.07) is 10.2. The highest BCUT2D eigenvalue weighted by atomic mass is 16.2. The molecule has 1 aromatic carbocycles. The second-order valence-electron chi connectivity index (χ2n) is 8.03. The minimum absolute atomic E-state index is 0.0465. The van der Waals surface area contributed by atoms with Crippen LogP contribution in [0.15, 0.2) is 30.3 Å². The van der Waals surface area contributed by atoms with Crippen molar-refractivity contribution in [2.45, 2.75) is 45.7 Å². The monoisotopic (exact) mass is 372 g/mol. The number of hydrogen-bond acceptors (Lipinski definition) is 4. The lowest BCUT2D eigenvalue weighted by molar-refractivity contribution is -0.128. The average molecular weight is 373 g/mol. The van der Waals surface area contributed by atoms with E-state index in [1.807, 2.05) is 18.2 Å². The van der Waals surface area contributed by atoms with Gasteiger partial charge in [-0.05, 0) is 52.3 Å². The summed E-state index contributed by atoms with van der Waals surface area (Å²) in [7, 11) is 0. The van der Waals surface area contributed by atoms with Crippen LogP contribution in [0.25, 0.3) is 0 Å². The molecule has 2 N–H and O–H groups in total. The summed E-state index contributed by atoms with van der Waals surface area (Å²) >= 11 is 0. The molecule has 3 rings (SSSR count). The van der Waals surface area contributed by atoms with Crippen molar-refractivity contribution in [1.29, 1.82) is 0 Å². The third-order valence-corrected chi connectivity index (χ3v) is 6.00. The summed E-state index contributed by atoms with van der Waals surface area (Å²) in [6.45, 7) is 10.3. The van der Waals surface area contributed by atoms with E-state index >= 15 is 0 Å². The normalized spacial score (nSPS) is 25.2. The average Bonchev–Trinajstić information content (AvgIpc) is 3.24. The molecule has 2 atom stereocenters. The first kappa shape index (κ1) is 19.7. The number of nitrogens with zero attached hydrogens (tertiary/aromatic N) is 2. The van der Waals surface area contributed by atoms with Crippen LogP contribution in [0.1, 0.15) is 33.6 Å². The molecule has 2 heterocycles. The molecule has 6 heteroatoms. The molecular weight excluding hydrogens is 340 g/mol. The number of carbonyl (C=O) groups excluding carboxylic acids is 2. The lowest BCUT2D eigenvalue weighted by Gasteiger charge is -2.24. The summed E-state index contributed by atoms with van der Waals surface area (Å²) in [6.07, 6.45) is 1.45. The van der Waals surface area contributed by atoms with Crippen LogP contribution in [-0.2, 0) is 9.59 Å². The highest BCUT2D eigenvalue weighted by Gasteiger charge is 2.52. The maximum atomic E-state index is 12.6. The number of nitrogens with one attached hydrogen (secondary N) is 2. The zero-order chi connectivity index (χ0) is 19.4. The van der Waals surface area contributed by atoms with Crippen LogP contribution in [0.5, 0.6) is 0 Å². The summed E-state index contributed by atoms with van der Waals surface area (Å²) in [4.78, 5) is 29.7. The number of para-hydroxylation sites is 1. The van der Waals surface area contributed by atoms with E-state index in [1.165, 1.54) is 0 Å². The standard InChI is InChI=1S/C21H32N4O2/c1-4-24(17-8-6-5-7-9-17)13-11-22-19(26)18-14-21(20(27)23-18)10-12-25(15-21)16(2)3/h5-9,16,18H,4,10-15H2,1-3H3,(H,22,26)(H,23,27)/t18-,21+/m0/s1. The van der Waals surface area contributed by atoms with Crippen LogP contribution >= 0.6 is 0 Å². The fourth-order valence-electron chi connectivity index (χ4n) is 4.25. The first-order valence-corrected chi connectivity index (χ1v) is 10.1. The number of amides is 2. The van der Waals surface area contributed by atoms with Crippen molar-refractivity contribution in [2.75, 3.05) is 37.6 Å². The van der Waals surface area contributed by atoms with Gasteiger partial charge in [0.05, 0.1) is 5.41 Å². The number of likely N-dealkylation sites (N-methyl/N-ethyl adjacent to an activating group) is 1. The molecule has 1 spiro atoms. The molecule has 0 bridgehead atoms. The van der Waals surface area contributed by atoms with E-state index in [0.29, 0.717) is 19.0 Å². The maximum absolute atomic E-state index is 12.6. The fraction of sp³-hybridized carbons (Fsp3) is 0.619. The Hall–Kier alpha value is -2.08. The summed E-state index contributed by atoms with van der Waals surface area (Å²) in [5.41, 5.74) is 0.772. The quantitative estimate of drug-likeness (QED) is 0.763. The van der Waals surface area contributed by atoms with Gasteiger partial charge in [0, 0.05) is 37.9 Å². The molecule has 0 unspecified atom stereocenters. The van der Waals surface area contributed by atoms with Crippen molar-refractivity contribution in [2.24, 2.45) is 5.41 Å². The van der Waals surface area contributed by atoms with Gasteiger partial charge in [-0.25, -0.2) is 0 Å². The minimum atomic E-state index is -0.406. The second-order valence-corrected chi connectivity index (χ2v) is 8.03. The van der Waals surface area contributed by atoms with Crippen molar-refractivity contribution in [1.82, 2.24) is 15.5 Å². The van der Waals surface area contributed by atoms with Gasteiger partial charge in [0.25, 0.3) is 0 Å². The SMILES string of the molecule is CCN(CCNC(=O)[C@@H]1C[C@@]2(CCN(C(C)C)C2)C(=O)N1)c1ccccc1. The third kappa shape index (κ3) is 4.26. The minimum Gasteiger partial charge on any atom is -0.370 e. The van der Waals surface area contributed by atoms with Crippen molar-refractivity contribution in [3.05, 3.63) is 30.3 Å².